The molecule has 0 bridgehead atoms. The summed E-state index contributed by atoms with van der Waals surface area (Å²) in [6, 6.07) is 20.8. The average molecular weight is 551 g/mol. The zero-order valence-electron chi connectivity index (χ0n) is 21.5. The van der Waals surface area contributed by atoms with E-state index in [4.69, 9.17) is 5.73 Å². The lowest BCUT2D eigenvalue weighted by Crippen LogP contribution is -3.00. The van der Waals surface area contributed by atoms with Crippen molar-refractivity contribution in [2.75, 3.05) is 0 Å². The third kappa shape index (κ3) is 5.04. The van der Waals surface area contributed by atoms with E-state index in [-0.39, 0.29) is 28.8 Å². The van der Waals surface area contributed by atoms with Gasteiger partial charge < -0.3 is 22.7 Å². The normalized spacial score (nSPS) is 20.7. The first kappa shape index (κ1) is 26.7. The quantitative estimate of drug-likeness (QED) is 0.431. The number of benzene rings is 2. The summed E-state index contributed by atoms with van der Waals surface area (Å²) in [5.74, 6) is 2.14. The van der Waals surface area contributed by atoms with Gasteiger partial charge in [-0.05, 0) is 48.6 Å². The maximum atomic E-state index is 13.4. The Bertz CT molecular complexity index is 1080. The van der Waals surface area contributed by atoms with Crippen LogP contribution >= 0.6 is 0 Å². The molecule has 2 saturated carbocycles. The van der Waals surface area contributed by atoms with Crippen LogP contribution in [0.3, 0.4) is 0 Å². The predicted molar refractivity (Wildman–Crippen MR) is 140 cm³/mol. The zero-order chi connectivity index (χ0) is 24.3. The Labute approximate surface area is 226 Å². The second-order valence-corrected chi connectivity index (χ2v) is 10.8. The van der Waals surface area contributed by atoms with Gasteiger partial charge in [0, 0.05) is 6.92 Å². The molecular weight excluding hydrogens is 510 g/mol. The molecule has 5 heteroatoms. The summed E-state index contributed by atoms with van der Waals surface area (Å²) in [4.78, 5) is 13.4. The molecule has 1 heterocycles. The number of carbonyl (C=O) groups excluding carboxylic acids is 1. The molecule has 2 N–H and O–H groups in total. The number of primary amides is 1. The van der Waals surface area contributed by atoms with Crippen LogP contribution < -0.4 is 27.3 Å². The smallest absolute Gasteiger partial charge is 0.253 e. The van der Waals surface area contributed by atoms with Crippen LogP contribution in [0.1, 0.15) is 80.8 Å². The van der Waals surface area contributed by atoms with Gasteiger partial charge in [0.25, 0.3) is 5.82 Å². The third-order valence-corrected chi connectivity index (χ3v) is 8.96. The largest absolute Gasteiger partial charge is 1.00 e. The summed E-state index contributed by atoms with van der Waals surface area (Å²) in [6.07, 6.45) is 15.8. The molecule has 1 amide bonds. The van der Waals surface area contributed by atoms with E-state index in [2.05, 4.69) is 52.7 Å². The van der Waals surface area contributed by atoms with Gasteiger partial charge >= 0.3 is 0 Å². The molecule has 2 aromatic carbocycles. The van der Waals surface area contributed by atoms with Gasteiger partial charge in [0.05, 0.1) is 6.54 Å². The van der Waals surface area contributed by atoms with Crippen molar-refractivity contribution in [3.05, 3.63) is 90.0 Å². The molecule has 192 valence electrons. The number of carbonyl (C=O) groups is 1. The van der Waals surface area contributed by atoms with Crippen LogP contribution in [0, 0.1) is 18.8 Å². The van der Waals surface area contributed by atoms with Crippen LogP contribution in [0.15, 0.2) is 73.1 Å². The molecule has 2 atom stereocenters. The highest BCUT2D eigenvalue weighted by Crippen LogP contribution is 2.50. The lowest BCUT2D eigenvalue weighted by atomic mass is 9.64. The minimum absolute atomic E-state index is 0. The van der Waals surface area contributed by atoms with E-state index < -0.39 is 5.41 Å². The Balaban J connectivity index is 0.00000304. The van der Waals surface area contributed by atoms with E-state index in [0.29, 0.717) is 6.04 Å². The fraction of sp³-hybridized carbons (Fsp3) is 0.484. The van der Waals surface area contributed by atoms with Crippen molar-refractivity contribution in [2.45, 2.75) is 82.7 Å². The summed E-state index contributed by atoms with van der Waals surface area (Å²) in [6.45, 7) is 3.36. The summed E-state index contributed by atoms with van der Waals surface area (Å²) in [5.41, 5.74) is 7.50. The van der Waals surface area contributed by atoms with E-state index in [0.717, 1.165) is 42.9 Å². The number of imidazole rings is 1. The molecular formula is C31H40BrN3O. The topological polar surface area (TPSA) is 51.9 Å². The van der Waals surface area contributed by atoms with Crippen molar-refractivity contribution in [2.24, 2.45) is 17.6 Å². The van der Waals surface area contributed by atoms with Crippen molar-refractivity contribution in [1.29, 1.82) is 0 Å². The molecule has 0 radical (unpaired) electrons. The van der Waals surface area contributed by atoms with Crippen LogP contribution in [0.25, 0.3) is 0 Å². The summed E-state index contributed by atoms with van der Waals surface area (Å²) >= 11 is 0. The van der Waals surface area contributed by atoms with Crippen LogP contribution in [0.2, 0.25) is 0 Å². The number of nitrogens with zero attached hydrogens (tertiary/aromatic N) is 2. The molecule has 1 aromatic heterocycles. The van der Waals surface area contributed by atoms with E-state index in [1.807, 2.05) is 36.4 Å². The minimum Gasteiger partial charge on any atom is -1.00 e. The van der Waals surface area contributed by atoms with Gasteiger partial charge in [-0.3, -0.25) is 4.79 Å². The maximum absolute atomic E-state index is 13.4. The number of halogens is 1. The highest BCUT2D eigenvalue weighted by atomic mass is 79.9. The number of hydrogen-bond acceptors (Lipinski definition) is 1. The molecule has 3 aromatic rings. The van der Waals surface area contributed by atoms with Gasteiger partial charge in [-0.2, -0.15) is 0 Å². The maximum Gasteiger partial charge on any atom is 0.253 e. The van der Waals surface area contributed by atoms with Gasteiger partial charge in [-0.25, -0.2) is 9.13 Å². The zero-order valence-corrected chi connectivity index (χ0v) is 23.1. The molecule has 2 fully saturated rings. The first-order valence-corrected chi connectivity index (χ1v) is 13.6. The molecule has 0 aliphatic heterocycles. The Morgan fingerprint density at radius 3 is 2.14 bits per heavy atom. The SMILES string of the molecule is Cc1n(C2CCC(C(C(N)=O)(c3ccccc3)c3ccccc3)C2)cc[n+]1CCC1CCCCC1.[Br-]. The Kier molecular flexibility index (Phi) is 8.71. The molecule has 4 nitrogen and oxygen atoms in total. The summed E-state index contributed by atoms with van der Waals surface area (Å²) in [7, 11) is 0. The second-order valence-electron chi connectivity index (χ2n) is 10.8. The second kappa shape index (κ2) is 11.8. The highest BCUT2D eigenvalue weighted by Gasteiger charge is 2.51. The van der Waals surface area contributed by atoms with Gasteiger partial charge in [0.2, 0.25) is 5.91 Å². The van der Waals surface area contributed by atoms with Crippen molar-refractivity contribution >= 4 is 5.91 Å². The standard InChI is InChI=1S/C31H39N3O.BrH/c1-24-33(20-19-25-11-5-2-6-12-25)21-22-34(24)29-18-17-28(23-29)31(30(32)35,26-13-7-3-8-14-26)27-15-9-4-10-16-27;/h3-4,7-10,13-16,21-22,25,28-29H,2,5-6,11-12,17-20,23H2,1H3,(H-,32,35);1H. The van der Waals surface area contributed by atoms with Crippen LogP contribution in [-0.2, 0) is 16.8 Å². The van der Waals surface area contributed by atoms with Gasteiger partial charge in [0.1, 0.15) is 23.9 Å². The Morgan fingerprint density at radius 2 is 1.56 bits per heavy atom. The van der Waals surface area contributed by atoms with Crippen molar-refractivity contribution in [3.63, 3.8) is 0 Å². The van der Waals surface area contributed by atoms with Crippen molar-refractivity contribution in [3.8, 4) is 0 Å². The molecule has 2 aliphatic rings. The van der Waals surface area contributed by atoms with Crippen LogP contribution in [-0.4, -0.2) is 10.5 Å². The fourth-order valence-electron chi connectivity index (χ4n) is 7.07. The summed E-state index contributed by atoms with van der Waals surface area (Å²) in [5, 5.41) is 0. The Hall–Kier alpha value is -2.40. The predicted octanol–water partition coefficient (Wildman–Crippen LogP) is 2.87. The number of nitrogens with two attached hydrogens (primary N) is 1. The van der Waals surface area contributed by atoms with E-state index in [9.17, 15) is 4.79 Å². The van der Waals surface area contributed by atoms with Crippen molar-refractivity contribution in [1.82, 2.24) is 4.57 Å². The number of hydrogen-bond donors (Lipinski definition) is 1. The van der Waals surface area contributed by atoms with Gasteiger partial charge in [-0.1, -0.05) is 92.8 Å². The third-order valence-electron chi connectivity index (χ3n) is 8.96. The molecule has 5 rings (SSSR count). The molecule has 2 aliphatic carbocycles. The lowest BCUT2D eigenvalue weighted by molar-refractivity contribution is -0.703. The van der Waals surface area contributed by atoms with Crippen LogP contribution in [0.5, 0.6) is 0 Å². The highest BCUT2D eigenvalue weighted by molar-refractivity contribution is 5.91. The first-order chi connectivity index (χ1) is 17.1. The van der Waals surface area contributed by atoms with E-state index in [1.165, 1.54) is 44.3 Å². The van der Waals surface area contributed by atoms with Gasteiger partial charge in [-0.15, -0.1) is 0 Å². The van der Waals surface area contributed by atoms with Gasteiger partial charge in [0.15, 0.2) is 0 Å². The number of aromatic nitrogens is 2. The van der Waals surface area contributed by atoms with Crippen molar-refractivity contribution < 1.29 is 26.3 Å². The van der Waals surface area contributed by atoms with E-state index >= 15 is 0 Å². The molecule has 0 spiro atoms. The molecule has 2 unspecified atom stereocenters. The Morgan fingerprint density at radius 1 is 0.944 bits per heavy atom. The minimum atomic E-state index is -0.810. The summed E-state index contributed by atoms with van der Waals surface area (Å²) < 4.78 is 4.90. The van der Waals surface area contributed by atoms with Crippen LogP contribution in [0.4, 0.5) is 0 Å². The average Bonchev–Trinajstić information content (AvgIpc) is 3.52. The monoisotopic (exact) mass is 549 g/mol. The molecule has 36 heavy (non-hydrogen) atoms. The molecule has 0 saturated heterocycles. The first-order valence-electron chi connectivity index (χ1n) is 13.6. The lowest BCUT2D eigenvalue weighted by Gasteiger charge is -2.37. The van der Waals surface area contributed by atoms with E-state index in [1.54, 1.807) is 0 Å². The number of amides is 1. The number of aryl methyl sites for hydroxylation is 1. The fourth-order valence-corrected chi connectivity index (χ4v) is 7.07. The number of rotatable bonds is 8.